The number of fused-ring (bicyclic) bond motifs is 1. The van der Waals surface area contributed by atoms with Crippen molar-refractivity contribution in [3.05, 3.63) is 70.1 Å². The summed E-state index contributed by atoms with van der Waals surface area (Å²) in [6, 6.07) is 14.1. The molecular weight excluding hydrogens is 358 g/mol. The van der Waals surface area contributed by atoms with E-state index in [1.807, 2.05) is 31.2 Å². The lowest BCUT2D eigenvalue weighted by atomic mass is 10.2. The molecule has 2 aromatic carbocycles. The molecule has 1 heterocycles. The van der Waals surface area contributed by atoms with Gasteiger partial charge in [0.25, 0.3) is 0 Å². The highest BCUT2D eigenvalue weighted by atomic mass is 16.6. The highest BCUT2D eigenvalue weighted by Crippen LogP contribution is 2.25. The van der Waals surface area contributed by atoms with Crippen molar-refractivity contribution < 1.29 is 18.7 Å². The topological polar surface area (TPSA) is 77.8 Å². The summed E-state index contributed by atoms with van der Waals surface area (Å²) in [6.45, 7) is 7.36. The number of nitrogens with one attached hydrogen (secondary N) is 1. The molecular formula is C22H23NO5. The first kappa shape index (κ1) is 19.5. The summed E-state index contributed by atoms with van der Waals surface area (Å²) in [4.78, 5) is 24.1. The molecule has 0 fully saturated rings. The maximum Gasteiger partial charge on any atom is 0.408 e. The van der Waals surface area contributed by atoms with E-state index < -0.39 is 11.7 Å². The fourth-order valence-corrected chi connectivity index (χ4v) is 2.62. The second kappa shape index (κ2) is 7.76. The van der Waals surface area contributed by atoms with Crippen LogP contribution in [0.3, 0.4) is 0 Å². The lowest BCUT2D eigenvalue weighted by molar-refractivity contribution is 0.0520. The normalized spacial score (nSPS) is 11.3. The Balaban J connectivity index is 1.80. The molecule has 0 bridgehead atoms. The number of carbonyl (C=O) groups excluding carboxylic acids is 1. The molecule has 3 rings (SSSR count). The lowest BCUT2D eigenvalue weighted by Crippen LogP contribution is -2.32. The Bertz CT molecular complexity index is 1060. The van der Waals surface area contributed by atoms with Crippen molar-refractivity contribution in [1.82, 2.24) is 5.32 Å². The van der Waals surface area contributed by atoms with E-state index in [4.69, 9.17) is 13.9 Å². The summed E-state index contributed by atoms with van der Waals surface area (Å²) in [5.74, 6) is 1.58. The van der Waals surface area contributed by atoms with Crippen LogP contribution in [0.1, 0.15) is 32.1 Å². The van der Waals surface area contributed by atoms with Crippen LogP contribution in [-0.2, 0) is 11.3 Å². The molecule has 0 atom stereocenters. The first-order valence-electron chi connectivity index (χ1n) is 8.98. The Hall–Kier alpha value is -3.28. The zero-order chi connectivity index (χ0) is 20.3. The van der Waals surface area contributed by atoms with Gasteiger partial charge in [-0.25, -0.2) is 4.79 Å². The molecule has 3 aromatic rings. The van der Waals surface area contributed by atoms with Crippen molar-refractivity contribution in [1.29, 1.82) is 0 Å². The van der Waals surface area contributed by atoms with Gasteiger partial charge in [0.2, 0.25) is 0 Å². The molecule has 6 nitrogen and oxygen atoms in total. The van der Waals surface area contributed by atoms with Crippen LogP contribution < -0.4 is 15.5 Å². The fraction of sp³-hybridized carbons (Fsp3) is 0.273. The van der Waals surface area contributed by atoms with Gasteiger partial charge in [-0.15, -0.1) is 0 Å². The molecule has 28 heavy (non-hydrogen) atoms. The largest absolute Gasteiger partial charge is 0.459 e. The van der Waals surface area contributed by atoms with Crippen LogP contribution in [0.2, 0.25) is 0 Å². The van der Waals surface area contributed by atoms with Crippen LogP contribution in [0.5, 0.6) is 11.5 Å². The van der Waals surface area contributed by atoms with Gasteiger partial charge in [-0.1, -0.05) is 12.1 Å². The van der Waals surface area contributed by atoms with E-state index in [1.165, 1.54) is 6.07 Å². The highest BCUT2D eigenvalue weighted by molar-refractivity contribution is 5.78. The van der Waals surface area contributed by atoms with Crippen LogP contribution in [0, 0.1) is 6.92 Å². The molecule has 6 heteroatoms. The quantitative estimate of drug-likeness (QED) is 0.694. The third-order valence-electron chi connectivity index (χ3n) is 3.78. The van der Waals surface area contributed by atoms with Crippen LogP contribution in [0.15, 0.2) is 57.7 Å². The van der Waals surface area contributed by atoms with Crippen LogP contribution in [0.4, 0.5) is 4.79 Å². The summed E-state index contributed by atoms with van der Waals surface area (Å²) in [5, 5.41) is 3.03. The molecule has 0 saturated carbocycles. The van der Waals surface area contributed by atoms with E-state index in [-0.39, 0.29) is 12.0 Å². The maximum atomic E-state index is 12.3. The van der Waals surface area contributed by atoms with Gasteiger partial charge in [-0.3, -0.25) is 4.79 Å². The Morgan fingerprint density at radius 3 is 2.54 bits per heavy atom. The standard InChI is InChI=1S/C22H23NO5/c1-14-6-5-7-15(10-14)26-16-8-9-18-19(24)11-17(27-20(18)12-16)13-23-21(25)28-22(2,3)4/h5-12H,13H2,1-4H3,(H,23,25). The van der Waals surface area contributed by atoms with Crippen molar-refractivity contribution in [2.45, 2.75) is 39.8 Å². The molecule has 1 amide bonds. The second-order valence-electron chi connectivity index (χ2n) is 7.51. The minimum absolute atomic E-state index is 0.0447. The van der Waals surface area contributed by atoms with E-state index in [1.54, 1.807) is 39.0 Å². The number of amides is 1. The van der Waals surface area contributed by atoms with Gasteiger partial charge >= 0.3 is 6.09 Å². The SMILES string of the molecule is Cc1cccc(Oc2ccc3c(=O)cc(CNC(=O)OC(C)(C)C)oc3c2)c1. The van der Waals surface area contributed by atoms with Gasteiger partial charge in [0.15, 0.2) is 5.43 Å². The molecule has 1 aromatic heterocycles. The molecule has 0 saturated heterocycles. The number of ether oxygens (including phenoxy) is 2. The summed E-state index contributed by atoms with van der Waals surface area (Å²) in [6.07, 6.45) is -0.577. The first-order chi connectivity index (χ1) is 13.2. The number of carbonyl (C=O) groups is 1. The molecule has 0 aliphatic carbocycles. The average molecular weight is 381 g/mol. The Morgan fingerprint density at radius 1 is 1.07 bits per heavy atom. The molecule has 0 aliphatic rings. The second-order valence-corrected chi connectivity index (χ2v) is 7.51. The number of hydrogen-bond donors (Lipinski definition) is 1. The summed E-state index contributed by atoms with van der Waals surface area (Å²) >= 11 is 0. The minimum atomic E-state index is -0.601. The third kappa shape index (κ3) is 5.13. The number of alkyl carbamates (subject to hydrolysis) is 1. The fourth-order valence-electron chi connectivity index (χ4n) is 2.62. The Morgan fingerprint density at radius 2 is 1.82 bits per heavy atom. The highest BCUT2D eigenvalue weighted by Gasteiger charge is 2.16. The van der Waals surface area contributed by atoms with E-state index in [9.17, 15) is 9.59 Å². The van der Waals surface area contributed by atoms with Crippen LogP contribution in [-0.4, -0.2) is 11.7 Å². The summed E-state index contributed by atoms with van der Waals surface area (Å²) < 4.78 is 16.8. The molecule has 1 N–H and O–H groups in total. The number of aryl methyl sites for hydroxylation is 1. The number of hydrogen-bond acceptors (Lipinski definition) is 5. The Labute approximate surface area is 163 Å². The van der Waals surface area contributed by atoms with Gasteiger partial charge in [0.1, 0.15) is 28.4 Å². The molecule has 146 valence electrons. The van der Waals surface area contributed by atoms with Gasteiger partial charge in [-0.2, -0.15) is 0 Å². The van der Waals surface area contributed by atoms with Crippen molar-refractivity contribution in [3.8, 4) is 11.5 Å². The Kier molecular flexibility index (Phi) is 5.40. The smallest absolute Gasteiger partial charge is 0.408 e. The zero-order valence-electron chi connectivity index (χ0n) is 16.4. The van der Waals surface area contributed by atoms with Gasteiger partial charge in [0.05, 0.1) is 11.9 Å². The number of rotatable bonds is 4. The summed E-state index contributed by atoms with van der Waals surface area (Å²) in [7, 11) is 0. The van der Waals surface area contributed by atoms with Crippen molar-refractivity contribution >= 4 is 17.1 Å². The van der Waals surface area contributed by atoms with Crippen molar-refractivity contribution in [3.63, 3.8) is 0 Å². The van der Waals surface area contributed by atoms with Crippen LogP contribution in [0.25, 0.3) is 11.0 Å². The summed E-state index contributed by atoms with van der Waals surface area (Å²) in [5.41, 5.74) is 0.680. The van der Waals surface area contributed by atoms with Gasteiger partial charge < -0.3 is 19.2 Å². The predicted octanol–water partition coefficient (Wildman–Crippen LogP) is 4.92. The molecule has 0 aliphatic heterocycles. The molecule has 0 radical (unpaired) electrons. The number of benzene rings is 2. The average Bonchev–Trinajstić information content (AvgIpc) is 2.58. The molecule has 0 unspecified atom stereocenters. The van der Waals surface area contributed by atoms with Crippen LogP contribution >= 0.6 is 0 Å². The van der Waals surface area contributed by atoms with E-state index >= 15 is 0 Å². The van der Waals surface area contributed by atoms with Crippen molar-refractivity contribution in [2.75, 3.05) is 0 Å². The molecule has 0 spiro atoms. The predicted molar refractivity (Wildman–Crippen MR) is 107 cm³/mol. The monoisotopic (exact) mass is 381 g/mol. The van der Waals surface area contributed by atoms with Gasteiger partial charge in [0, 0.05) is 12.1 Å². The minimum Gasteiger partial charge on any atom is -0.459 e. The maximum absolute atomic E-state index is 12.3. The van der Waals surface area contributed by atoms with E-state index in [2.05, 4.69) is 5.32 Å². The first-order valence-corrected chi connectivity index (χ1v) is 8.98. The van der Waals surface area contributed by atoms with E-state index in [0.717, 1.165) is 5.56 Å². The van der Waals surface area contributed by atoms with E-state index in [0.29, 0.717) is 28.2 Å². The van der Waals surface area contributed by atoms with Crippen molar-refractivity contribution in [2.24, 2.45) is 0 Å². The third-order valence-corrected chi connectivity index (χ3v) is 3.78. The lowest BCUT2D eigenvalue weighted by Gasteiger charge is -2.19. The van der Waals surface area contributed by atoms with Gasteiger partial charge in [-0.05, 0) is 57.5 Å². The zero-order valence-corrected chi connectivity index (χ0v) is 16.4.